The molecule has 4 aromatic rings. The van der Waals surface area contributed by atoms with Gasteiger partial charge in [0.05, 0.1) is 23.5 Å². The Bertz CT molecular complexity index is 1280. The van der Waals surface area contributed by atoms with Gasteiger partial charge in [-0.05, 0) is 79.9 Å². The summed E-state index contributed by atoms with van der Waals surface area (Å²) in [6.07, 6.45) is 2.82. The van der Waals surface area contributed by atoms with E-state index in [2.05, 4.69) is 33.8 Å². The Kier molecular flexibility index (Phi) is 6.41. The number of benzene rings is 3. The molecule has 0 radical (unpaired) electrons. The molecule has 1 aliphatic heterocycles. The number of aryl methyl sites for hydroxylation is 1. The number of nitrogens with one attached hydrogen (secondary N) is 1. The van der Waals surface area contributed by atoms with Gasteiger partial charge in [-0.3, -0.25) is 14.3 Å². The highest BCUT2D eigenvalue weighted by atomic mass is 19.1. The van der Waals surface area contributed by atoms with Crippen LogP contribution in [0.2, 0.25) is 0 Å². The minimum atomic E-state index is -0.260. The van der Waals surface area contributed by atoms with Crippen molar-refractivity contribution in [1.29, 1.82) is 0 Å². The molecular formula is C28H29FN4O. The molecule has 0 aliphatic carbocycles. The second kappa shape index (κ2) is 9.77. The lowest BCUT2D eigenvalue weighted by atomic mass is 9.97. The highest BCUT2D eigenvalue weighted by Gasteiger charge is 2.27. The number of carbonyl (C=O) groups is 1. The van der Waals surface area contributed by atoms with E-state index in [9.17, 15) is 9.18 Å². The van der Waals surface area contributed by atoms with Crippen molar-refractivity contribution in [3.63, 3.8) is 0 Å². The van der Waals surface area contributed by atoms with Crippen LogP contribution in [0.25, 0.3) is 16.7 Å². The molecule has 1 saturated heterocycles. The van der Waals surface area contributed by atoms with Crippen molar-refractivity contribution in [2.45, 2.75) is 32.7 Å². The predicted molar refractivity (Wildman–Crippen MR) is 133 cm³/mol. The first kappa shape index (κ1) is 22.3. The molecule has 2 heterocycles. The molecule has 1 aliphatic rings. The third kappa shape index (κ3) is 4.73. The lowest BCUT2D eigenvalue weighted by Gasteiger charge is -2.31. The fourth-order valence-corrected chi connectivity index (χ4v) is 4.74. The van der Waals surface area contributed by atoms with E-state index in [1.807, 2.05) is 36.4 Å². The number of imidazole rings is 1. The number of carbonyl (C=O) groups excluding carboxylic acids is 1. The van der Waals surface area contributed by atoms with E-state index in [1.165, 1.54) is 17.7 Å². The number of aromatic nitrogens is 2. The molecule has 1 amide bonds. The average Bonchev–Trinajstić information content (AvgIpc) is 3.23. The molecule has 3 aromatic carbocycles. The van der Waals surface area contributed by atoms with Gasteiger partial charge < -0.3 is 5.32 Å². The maximum absolute atomic E-state index is 13.6. The lowest BCUT2D eigenvalue weighted by Crippen LogP contribution is -2.40. The van der Waals surface area contributed by atoms with E-state index in [1.54, 1.807) is 12.1 Å². The summed E-state index contributed by atoms with van der Waals surface area (Å²) in [6.45, 7) is 4.35. The monoisotopic (exact) mass is 456 g/mol. The number of likely N-dealkylation sites (tertiary alicyclic amines) is 1. The molecule has 5 nitrogen and oxygen atoms in total. The van der Waals surface area contributed by atoms with Crippen molar-refractivity contribution in [3.8, 4) is 5.69 Å². The van der Waals surface area contributed by atoms with E-state index < -0.39 is 0 Å². The van der Waals surface area contributed by atoms with Crippen LogP contribution in [0.4, 0.5) is 10.1 Å². The highest BCUT2D eigenvalue weighted by molar-refractivity contribution is 5.92. The van der Waals surface area contributed by atoms with Crippen LogP contribution in [0.15, 0.2) is 72.8 Å². The number of para-hydroxylation sites is 2. The normalized spacial score (nSPS) is 16.6. The Labute approximate surface area is 199 Å². The number of piperidine rings is 1. The van der Waals surface area contributed by atoms with Crippen LogP contribution in [0, 0.1) is 11.7 Å². The molecule has 0 bridgehead atoms. The van der Waals surface area contributed by atoms with E-state index in [4.69, 9.17) is 4.98 Å². The maximum Gasteiger partial charge on any atom is 0.228 e. The van der Waals surface area contributed by atoms with E-state index in [-0.39, 0.29) is 17.6 Å². The molecule has 1 aromatic heterocycles. The summed E-state index contributed by atoms with van der Waals surface area (Å²) in [4.78, 5) is 20.2. The molecule has 34 heavy (non-hydrogen) atoms. The van der Waals surface area contributed by atoms with Crippen molar-refractivity contribution in [1.82, 2.24) is 14.5 Å². The smallest absolute Gasteiger partial charge is 0.228 e. The molecule has 6 heteroatoms. The molecule has 1 atom stereocenters. The molecule has 0 spiro atoms. The SMILES string of the molecule is CCc1ccc(NC(=O)[C@@H]2CCCN(Cc3nc4ccccc4n3-c3ccc(F)cc3)C2)cc1. The molecule has 5 rings (SSSR count). The number of rotatable bonds is 6. The zero-order chi connectivity index (χ0) is 23.5. The summed E-state index contributed by atoms with van der Waals surface area (Å²) >= 11 is 0. The van der Waals surface area contributed by atoms with Gasteiger partial charge in [0.25, 0.3) is 0 Å². The van der Waals surface area contributed by atoms with E-state index in [0.717, 1.165) is 54.0 Å². The summed E-state index contributed by atoms with van der Waals surface area (Å²) in [5, 5.41) is 3.09. The van der Waals surface area contributed by atoms with Crippen molar-refractivity contribution in [2.75, 3.05) is 18.4 Å². The van der Waals surface area contributed by atoms with Crippen LogP contribution in [-0.4, -0.2) is 33.4 Å². The van der Waals surface area contributed by atoms with Crippen LogP contribution < -0.4 is 5.32 Å². The number of halogens is 1. The van der Waals surface area contributed by atoms with Gasteiger partial charge in [-0.15, -0.1) is 0 Å². The van der Waals surface area contributed by atoms with E-state index >= 15 is 0 Å². The van der Waals surface area contributed by atoms with Gasteiger partial charge in [0.1, 0.15) is 11.6 Å². The third-order valence-corrected chi connectivity index (χ3v) is 6.59. The predicted octanol–water partition coefficient (Wildman–Crippen LogP) is 5.58. The molecule has 174 valence electrons. The fraction of sp³-hybridized carbons (Fsp3) is 0.286. The number of hydrogen-bond acceptors (Lipinski definition) is 3. The van der Waals surface area contributed by atoms with Gasteiger partial charge in [-0.1, -0.05) is 31.2 Å². The Morgan fingerprint density at radius 1 is 1.06 bits per heavy atom. The minimum Gasteiger partial charge on any atom is -0.326 e. The largest absolute Gasteiger partial charge is 0.326 e. The van der Waals surface area contributed by atoms with Crippen LogP contribution in [0.1, 0.15) is 31.2 Å². The van der Waals surface area contributed by atoms with Crippen molar-refractivity contribution in [3.05, 3.63) is 90.0 Å². The molecule has 1 N–H and O–H groups in total. The maximum atomic E-state index is 13.6. The Hall–Kier alpha value is -3.51. The molecular weight excluding hydrogens is 427 g/mol. The number of nitrogens with zero attached hydrogens (tertiary/aromatic N) is 3. The number of amides is 1. The quantitative estimate of drug-likeness (QED) is 0.412. The van der Waals surface area contributed by atoms with Gasteiger partial charge in [-0.25, -0.2) is 9.37 Å². The average molecular weight is 457 g/mol. The first-order valence-corrected chi connectivity index (χ1v) is 11.9. The van der Waals surface area contributed by atoms with Crippen LogP contribution >= 0.6 is 0 Å². The summed E-state index contributed by atoms with van der Waals surface area (Å²) in [6, 6.07) is 22.6. The van der Waals surface area contributed by atoms with E-state index in [0.29, 0.717) is 13.1 Å². The Morgan fingerprint density at radius 2 is 1.82 bits per heavy atom. The van der Waals surface area contributed by atoms with Crippen molar-refractivity contribution in [2.24, 2.45) is 5.92 Å². The summed E-state index contributed by atoms with van der Waals surface area (Å²) in [5.41, 5.74) is 4.88. The van der Waals surface area contributed by atoms with Gasteiger partial charge in [0.15, 0.2) is 0 Å². The second-order valence-electron chi connectivity index (χ2n) is 8.94. The molecule has 1 fully saturated rings. The minimum absolute atomic E-state index is 0.0664. The number of anilines is 1. The number of hydrogen-bond donors (Lipinski definition) is 1. The van der Waals surface area contributed by atoms with Crippen LogP contribution in [-0.2, 0) is 17.8 Å². The zero-order valence-corrected chi connectivity index (χ0v) is 19.4. The van der Waals surface area contributed by atoms with Crippen molar-refractivity contribution < 1.29 is 9.18 Å². The van der Waals surface area contributed by atoms with Crippen LogP contribution in [0.5, 0.6) is 0 Å². The standard InChI is InChI=1S/C28H29FN4O/c1-2-20-9-13-23(14-10-20)30-28(34)21-6-5-17-32(18-21)19-27-31-25-7-3-4-8-26(25)33(27)24-15-11-22(29)12-16-24/h3-4,7-16,21H,2,5-6,17-19H2,1H3,(H,30,34)/t21-/m1/s1. The third-order valence-electron chi connectivity index (χ3n) is 6.59. The number of fused-ring (bicyclic) bond motifs is 1. The van der Waals surface area contributed by atoms with Gasteiger partial charge >= 0.3 is 0 Å². The molecule has 0 unspecified atom stereocenters. The molecule has 0 saturated carbocycles. The summed E-state index contributed by atoms with van der Waals surface area (Å²) < 4.78 is 15.6. The van der Waals surface area contributed by atoms with Gasteiger partial charge in [-0.2, -0.15) is 0 Å². The first-order chi connectivity index (χ1) is 16.6. The van der Waals surface area contributed by atoms with Gasteiger partial charge in [0.2, 0.25) is 5.91 Å². The zero-order valence-electron chi connectivity index (χ0n) is 19.4. The highest BCUT2D eigenvalue weighted by Crippen LogP contribution is 2.25. The topological polar surface area (TPSA) is 50.2 Å². The first-order valence-electron chi connectivity index (χ1n) is 11.9. The Morgan fingerprint density at radius 3 is 2.59 bits per heavy atom. The lowest BCUT2D eigenvalue weighted by molar-refractivity contribution is -0.121. The summed E-state index contributed by atoms with van der Waals surface area (Å²) in [5.74, 6) is 0.636. The Balaban J connectivity index is 1.34. The van der Waals surface area contributed by atoms with Crippen molar-refractivity contribution >= 4 is 22.6 Å². The summed E-state index contributed by atoms with van der Waals surface area (Å²) in [7, 11) is 0. The fourth-order valence-electron chi connectivity index (χ4n) is 4.74. The van der Waals surface area contributed by atoms with Crippen LogP contribution in [0.3, 0.4) is 0 Å². The van der Waals surface area contributed by atoms with Gasteiger partial charge in [0, 0.05) is 17.9 Å². The second-order valence-corrected chi connectivity index (χ2v) is 8.94.